The molecule has 2 aliphatic carbocycles. The maximum Gasteiger partial charge on any atom is 0.416 e. The van der Waals surface area contributed by atoms with Gasteiger partial charge in [0.2, 0.25) is 0 Å². The maximum atomic E-state index is 15.1. The van der Waals surface area contributed by atoms with E-state index in [4.69, 9.17) is 0 Å². The summed E-state index contributed by atoms with van der Waals surface area (Å²) in [7, 11) is 0. The van der Waals surface area contributed by atoms with Gasteiger partial charge in [-0.25, -0.2) is 0 Å². The van der Waals surface area contributed by atoms with E-state index in [-0.39, 0.29) is 0 Å². The fourth-order valence-corrected chi connectivity index (χ4v) is 11.4. The Morgan fingerprint density at radius 2 is 0.774 bits per heavy atom. The molecular formula is C59H31F3. The quantitative estimate of drug-likeness (QED) is 0.153. The Labute approximate surface area is 353 Å². The number of fused-ring (bicyclic) bond motifs is 15. The Morgan fingerprint density at radius 3 is 1.52 bits per heavy atom. The van der Waals surface area contributed by atoms with Gasteiger partial charge in [-0.1, -0.05) is 152 Å². The lowest BCUT2D eigenvalue weighted by Gasteiger charge is -2.22. The van der Waals surface area contributed by atoms with Crippen LogP contribution in [0.2, 0.25) is 0 Å². The lowest BCUT2D eigenvalue weighted by Crippen LogP contribution is -2.05. The van der Waals surface area contributed by atoms with E-state index >= 15 is 13.2 Å². The molecule has 0 saturated carbocycles. The maximum absolute atomic E-state index is 15.1. The number of hydrogen-bond acceptors (Lipinski definition) is 0. The zero-order valence-electron chi connectivity index (χ0n) is 33.0. The molecule has 0 saturated heterocycles. The molecule has 12 aromatic carbocycles. The molecule has 3 heteroatoms. The number of benzene rings is 12. The summed E-state index contributed by atoms with van der Waals surface area (Å²) in [6.07, 6.45) is -4.54. The largest absolute Gasteiger partial charge is 0.416 e. The molecule has 0 heterocycles. The second-order valence-corrected chi connectivity index (χ2v) is 17.0. The Kier molecular flexibility index (Phi) is 6.56. The second-order valence-electron chi connectivity index (χ2n) is 17.0. The van der Waals surface area contributed by atoms with Crippen molar-refractivity contribution in [3.8, 4) is 66.8 Å². The van der Waals surface area contributed by atoms with E-state index in [9.17, 15) is 0 Å². The molecule has 0 atom stereocenters. The van der Waals surface area contributed by atoms with Crippen LogP contribution in [0.25, 0.3) is 142 Å². The van der Waals surface area contributed by atoms with Gasteiger partial charge in [-0.05, 0) is 179 Å². The predicted molar refractivity (Wildman–Crippen MR) is 254 cm³/mol. The molecule has 62 heavy (non-hydrogen) atoms. The van der Waals surface area contributed by atoms with Gasteiger partial charge in [0.25, 0.3) is 0 Å². The normalized spacial score (nSPS) is 12.8. The van der Waals surface area contributed by atoms with E-state index in [0.29, 0.717) is 10.9 Å². The molecule has 0 fully saturated rings. The van der Waals surface area contributed by atoms with Crippen molar-refractivity contribution in [2.75, 3.05) is 0 Å². The topological polar surface area (TPSA) is 0 Å². The highest BCUT2D eigenvalue weighted by Gasteiger charge is 2.37. The van der Waals surface area contributed by atoms with E-state index in [1.54, 1.807) is 0 Å². The van der Waals surface area contributed by atoms with Crippen LogP contribution in [0.1, 0.15) is 5.56 Å². The van der Waals surface area contributed by atoms with Gasteiger partial charge in [0.1, 0.15) is 0 Å². The molecule has 0 radical (unpaired) electrons. The zero-order chi connectivity index (χ0) is 41.0. The van der Waals surface area contributed by atoms with E-state index in [2.05, 4.69) is 127 Å². The highest BCUT2D eigenvalue weighted by Crippen LogP contribution is 2.61. The molecular weight excluding hydrogens is 766 g/mol. The molecule has 14 rings (SSSR count). The highest BCUT2D eigenvalue weighted by atomic mass is 19.4. The van der Waals surface area contributed by atoms with Crippen LogP contribution in [0.4, 0.5) is 13.2 Å². The van der Waals surface area contributed by atoms with Crippen LogP contribution in [0.15, 0.2) is 188 Å². The first-order chi connectivity index (χ1) is 30.4. The molecule has 288 valence electrons. The van der Waals surface area contributed by atoms with Gasteiger partial charge in [-0.2, -0.15) is 13.2 Å². The molecule has 0 aromatic heterocycles. The minimum Gasteiger partial charge on any atom is -0.166 e. The van der Waals surface area contributed by atoms with Crippen LogP contribution >= 0.6 is 0 Å². The first kappa shape index (κ1) is 34.0. The van der Waals surface area contributed by atoms with E-state index < -0.39 is 11.7 Å². The number of halogens is 3. The molecule has 0 amide bonds. The van der Waals surface area contributed by atoms with Crippen LogP contribution in [-0.2, 0) is 6.18 Å². The Bertz CT molecular complexity index is 3990. The van der Waals surface area contributed by atoms with Gasteiger partial charge < -0.3 is 0 Å². The SMILES string of the molecule is FC(F)(F)c1cc2c3c(cc4ccccc4c3c1)-c1c-2c(-c2ccccc2)c2c(ccc3c4cc5c(cc4ccc32)-c2cccc3c2c-5cc2ccccc23)c1-c1ccccc1. The van der Waals surface area contributed by atoms with Crippen LogP contribution in [-0.4, -0.2) is 0 Å². The van der Waals surface area contributed by atoms with Crippen molar-refractivity contribution < 1.29 is 13.2 Å². The molecule has 0 bridgehead atoms. The third kappa shape index (κ3) is 4.42. The smallest absolute Gasteiger partial charge is 0.166 e. The zero-order valence-corrected chi connectivity index (χ0v) is 33.0. The Balaban J connectivity index is 1.17. The second kappa shape index (κ2) is 12.0. The van der Waals surface area contributed by atoms with Crippen molar-refractivity contribution in [2.24, 2.45) is 0 Å². The van der Waals surface area contributed by atoms with Crippen LogP contribution in [0.3, 0.4) is 0 Å². The average Bonchev–Trinajstić information content (AvgIpc) is 3.80. The summed E-state index contributed by atoms with van der Waals surface area (Å²) in [5, 5.41) is 14.8. The van der Waals surface area contributed by atoms with Crippen LogP contribution in [0, 0.1) is 0 Å². The average molecular weight is 797 g/mol. The van der Waals surface area contributed by atoms with Gasteiger partial charge in [-0.15, -0.1) is 0 Å². The highest BCUT2D eigenvalue weighted by molar-refractivity contribution is 6.35. The van der Waals surface area contributed by atoms with E-state index in [1.807, 2.05) is 48.5 Å². The summed E-state index contributed by atoms with van der Waals surface area (Å²) in [6.45, 7) is 0. The lowest BCUT2D eigenvalue weighted by atomic mass is 9.80. The number of hydrogen-bond donors (Lipinski definition) is 0. The van der Waals surface area contributed by atoms with Crippen molar-refractivity contribution >= 4 is 75.4 Å². The molecule has 2 aliphatic rings. The van der Waals surface area contributed by atoms with Gasteiger partial charge >= 0.3 is 6.18 Å². The molecule has 0 spiro atoms. The molecule has 0 N–H and O–H groups in total. The van der Waals surface area contributed by atoms with Crippen molar-refractivity contribution in [1.82, 2.24) is 0 Å². The number of rotatable bonds is 2. The van der Waals surface area contributed by atoms with E-state index in [1.165, 1.54) is 55.9 Å². The van der Waals surface area contributed by atoms with E-state index in [0.717, 1.165) is 87.4 Å². The van der Waals surface area contributed by atoms with Gasteiger partial charge in [0.05, 0.1) is 5.56 Å². The van der Waals surface area contributed by atoms with Crippen LogP contribution in [0.5, 0.6) is 0 Å². The van der Waals surface area contributed by atoms with Crippen molar-refractivity contribution in [2.45, 2.75) is 6.18 Å². The van der Waals surface area contributed by atoms with Crippen molar-refractivity contribution in [3.63, 3.8) is 0 Å². The summed E-state index contributed by atoms with van der Waals surface area (Å²) >= 11 is 0. The van der Waals surface area contributed by atoms with Crippen molar-refractivity contribution in [3.05, 3.63) is 194 Å². The first-order valence-electron chi connectivity index (χ1n) is 21.1. The standard InChI is InChI=1S/C59H31F3/c60-59(61,62)37-29-49-39-19-10-8-17-35(39)28-50-55(49)51(30-37)58-53(33-14-5-2-6-15-33)56-43-23-22-36-26-46-42-21-11-20-41-38-18-9-7-16-34(38)27-48(54(41)42)47(46)31-45(36)40(43)24-25-44(56)52(57(50)58)32-12-3-1-4-13-32/h1-31H. The third-order valence-corrected chi connectivity index (χ3v) is 13.8. The molecule has 12 aromatic rings. The summed E-state index contributed by atoms with van der Waals surface area (Å²) in [6, 6.07) is 64.9. The summed E-state index contributed by atoms with van der Waals surface area (Å²) in [5.74, 6) is 0. The minimum atomic E-state index is -4.54. The van der Waals surface area contributed by atoms with Crippen LogP contribution < -0.4 is 0 Å². The van der Waals surface area contributed by atoms with Gasteiger partial charge in [0.15, 0.2) is 0 Å². The molecule has 0 aliphatic heterocycles. The number of alkyl halides is 3. The third-order valence-electron chi connectivity index (χ3n) is 13.8. The minimum absolute atomic E-state index is 0.620. The summed E-state index contributed by atoms with van der Waals surface area (Å²) in [5.41, 5.74) is 11.7. The lowest BCUT2D eigenvalue weighted by molar-refractivity contribution is -0.137. The molecule has 0 nitrogen and oxygen atoms in total. The van der Waals surface area contributed by atoms with Crippen molar-refractivity contribution in [1.29, 1.82) is 0 Å². The Morgan fingerprint density at radius 1 is 0.258 bits per heavy atom. The first-order valence-corrected chi connectivity index (χ1v) is 21.1. The Hall–Kier alpha value is -7.75. The van der Waals surface area contributed by atoms with Gasteiger partial charge in [-0.3, -0.25) is 0 Å². The monoisotopic (exact) mass is 796 g/mol. The fourth-order valence-electron chi connectivity index (χ4n) is 11.4. The molecule has 0 unspecified atom stereocenters. The fraction of sp³-hybridized carbons (Fsp3) is 0.0169. The van der Waals surface area contributed by atoms with Gasteiger partial charge in [0, 0.05) is 0 Å². The predicted octanol–water partition coefficient (Wildman–Crippen LogP) is 17.4. The summed E-state index contributed by atoms with van der Waals surface area (Å²) < 4.78 is 45.4. The summed E-state index contributed by atoms with van der Waals surface area (Å²) in [4.78, 5) is 0.